The van der Waals surface area contributed by atoms with Crippen LogP contribution in [0.3, 0.4) is 0 Å². The van der Waals surface area contributed by atoms with E-state index in [0.717, 1.165) is 0 Å². The quantitative estimate of drug-likeness (QED) is 0.226. The minimum absolute atomic E-state index is 1.14. The molecule has 12 heavy (non-hydrogen) atoms. The van der Waals surface area contributed by atoms with Gasteiger partial charge < -0.3 is 31.3 Å². The van der Waals surface area contributed by atoms with Gasteiger partial charge in [-0.05, 0) is 0 Å². The predicted molar refractivity (Wildman–Crippen MR) is 38.0 cm³/mol. The third-order valence-electron chi connectivity index (χ3n) is 2.19. The van der Waals surface area contributed by atoms with Crippen molar-refractivity contribution in [2.75, 3.05) is 0 Å². The largest absolute Gasteiger partial charge is 0.389 e. The number of aliphatic hydroxyl groups is 5. The summed E-state index contributed by atoms with van der Waals surface area (Å²) >= 11 is 0. The van der Waals surface area contributed by atoms with Crippen LogP contribution in [-0.4, -0.2) is 62.1 Å². The second-order valence-corrected chi connectivity index (χ2v) is 3.03. The minimum atomic E-state index is -1.56. The van der Waals surface area contributed by atoms with Gasteiger partial charge in [-0.25, -0.2) is 0 Å². The molecule has 0 bridgehead atoms. The molecular formula is C6H13NO5. The van der Waals surface area contributed by atoms with Gasteiger partial charge in [0.1, 0.15) is 30.5 Å². The summed E-state index contributed by atoms with van der Waals surface area (Å²) in [5.41, 5.74) is 5.23. The first kappa shape index (κ1) is 9.85. The van der Waals surface area contributed by atoms with Gasteiger partial charge in [0, 0.05) is 0 Å². The van der Waals surface area contributed by atoms with Crippen LogP contribution < -0.4 is 5.73 Å². The molecule has 0 radical (unpaired) electrons. The topological polar surface area (TPSA) is 127 Å². The molecule has 1 fully saturated rings. The van der Waals surface area contributed by atoms with Crippen molar-refractivity contribution in [1.29, 1.82) is 0 Å². The first-order chi connectivity index (χ1) is 5.46. The van der Waals surface area contributed by atoms with Crippen LogP contribution in [0.1, 0.15) is 0 Å². The van der Waals surface area contributed by atoms with Crippen molar-refractivity contribution in [2.45, 2.75) is 36.6 Å². The third kappa shape index (κ3) is 1.33. The van der Waals surface area contributed by atoms with Crippen LogP contribution in [0.15, 0.2) is 0 Å². The average Bonchev–Trinajstić information content (AvgIpc) is 2.08. The van der Waals surface area contributed by atoms with Crippen molar-refractivity contribution in [3.05, 3.63) is 0 Å². The predicted octanol–water partition coefficient (Wildman–Crippen LogP) is -3.87. The van der Waals surface area contributed by atoms with Crippen LogP contribution in [-0.2, 0) is 0 Å². The SMILES string of the molecule is NC1[C@H](O)[C@@H](O)C(O)[C@H](O)[C@H]1O. The van der Waals surface area contributed by atoms with Gasteiger partial charge in [0.05, 0.1) is 6.04 Å². The second-order valence-electron chi connectivity index (χ2n) is 3.03. The molecule has 0 aromatic carbocycles. The number of nitrogens with two attached hydrogens (primary N) is 1. The Morgan fingerprint density at radius 2 is 0.833 bits per heavy atom. The van der Waals surface area contributed by atoms with E-state index < -0.39 is 36.6 Å². The summed E-state index contributed by atoms with van der Waals surface area (Å²) in [5, 5.41) is 45.3. The summed E-state index contributed by atoms with van der Waals surface area (Å²) in [6.07, 6.45) is -7.43. The third-order valence-corrected chi connectivity index (χ3v) is 2.19. The molecule has 7 N–H and O–H groups in total. The van der Waals surface area contributed by atoms with Gasteiger partial charge in [0.2, 0.25) is 0 Å². The van der Waals surface area contributed by atoms with E-state index in [1.807, 2.05) is 0 Å². The fourth-order valence-electron chi connectivity index (χ4n) is 1.26. The first-order valence-corrected chi connectivity index (χ1v) is 3.62. The molecule has 0 aromatic rings. The Balaban J connectivity index is 2.76. The van der Waals surface area contributed by atoms with Crippen molar-refractivity contribution >= 4 is 0 Å². The lowest BCUT2D eigenvalue weighted by molar-refractivity contribution is -0.184. The van der Waals surface area contributed by atoms with Gasteiger partial charge in [-0.1, -0.05) is 0 Å². The van der Waals surface area contributed by atoms with Crippen LogP contribution in [0, 0.1) is 0 Å². The Labute approximate surface area is 68.9 Å². The van der Waals surface area contributed by atoms with E-state index in [0.29, 0.717) is 0 Å². The molecule has 0 saturated heterocycles. The molecule has 1 aliphatic carbocycles. The van der Waals surface area contributed by atoms with E-state index in [1.165, 1.54) is 0 Å². The molecule has 0 aromatic heterocycles. The van der Waals surface area contributed by atoms with Crippen LogP contribution in [0.2, 0.25) is 0 Å². The molecule has 0 aliphatic heterocycles. The number of aliphatic hydroxyl groups excluding tert-OH is 5. The van der Waals surface area contributed by atoms with Crippen LogP contribution in [0.25, 0.3) is 0 Å². The summed E-state index contributed by atoms with van der Waals surface area (Å²) < 4.78 is 0. The Bertz CT molecular complexity index is 107. The normalized spacial score (nSPS) is 55.5. The summed E-state index contributed by atoms with van der Waals surface area (Å²) in [6.45, 7) is 0. The van der Waals surface area contributed by atoms with E-state index in [2.05, 4.69) is 0 Å². The second kappa shape index (κ2) is 3.25. The fourth-order valence-corrected chi connectivity index (χ4v) is 1.26. The van der Waals surface area contributed by atoms with E-state index in [1.54, 1.807) is 0 Å². The highest BCUT2D eigenvalue weighted by Gasteiger charge is 2.46. The fraction of sp³-hybridized carbons (Fsp3) is 1.00. The van der Waals surface area contributed by atoms with Gasteiger partial charge in [0.25, 0.3) is 0 Å². The van der Waals surface area contributed by atoms with Crippen LogP contribution in [0.4, 0.5) is 0 Å². The molecule has 0 heterocycles. The molecule has 6 nitrogen and oxygen atoms in total. The van der Waals surface area contributed by atoms with E-state index >= 15 is 0 Å². The van der Waals surface area contributed by atoms with E-state index in [9.17, 15) is 0 Å². The van der Waals surface area contributed by atoms with Crippen molar-refractivity contribution in [1.82, 2.24) is 0 Å². The molecule has 1 aliphatic rings. The van der Waals surface area contributed by atoms with E-state index in [4.69, 9.17) is 31.3 Å². The first-order valence-electron chi connectivity index (χ1n) is 3.62. The molecule has 0 amide bonds. The highest BCUT2D eigenvalue weighted by atomic mass is 16.4. The molecule has 0 spiro atoms. The van der Waals surface area contributed by atoms with Gasteiger partial charge in [0.15, 0.2) is 0 Å². The zero-order valence-electron chi connectivity index (χ0n) is 6.28. The van der Waals surface area contributed by atoms with E-state index in [-0.39, 0.29) is 0 Å². The lowest BCUT2D eigenvalue weighted by atomic mass is 9.84. The number of hydrogen-bond donors (Lipinski definition) is 6. The van der Waals surface area contributed by atoms with Gasteiger partial charge in [-0.15, -0.1) is 0 Å². The van der Waals surface area contributed by atoms with Crippen molar-refractivity contribution < 1.29 is 25.5 Å². The summed E-state index contributed by atoms with van der Waals surface area (Å²) in [6, 6.07) is -1.14. The molecular weight excluding hydrogens is 166 g/mol. The maximum Gasteiger partial charge on any atom is 0.111 e. The summed E-state index contributed by atoms with van der Waals surface area (Å²) in [4.78, 5) is 0. The highest BCUT2D eigenvalue weighted by molar-refractivity contribution is 5.00. The molecule has 4 atom stereocenters. The lowest BCUT2D eigenvalue weighted by Gasteiger charge is -2.40. The monoisotopic (exact) mass is 179 g/mol. The standard InChI is InChI=1S/C6H13NO5/c7-1-2(8)4(10)6(12)5(11)3(1)9/h1-6,8-12H,7H2/t1?,2-,3-,4+,5+,6?/m0/s1. The zero-order valence-corrected chi connectivity index (χ0v) is 6.28. The Morgan fingerprint density at radius 3 is 1.17 bits per heavy atom. The Kier molecular flexibility index (Phi) is 2.67. The highest BCUT2D eigenvalue weighted by Crippen LogP contribution is 2.19. The van der Waals surface area contributed by atoms with Crippen molar-refractivity contribution in [3.63, 3.8) is 0 Å². The maximum absolute atomic E-state index is 9.10. The average molecular weight is 179 g/mol. The van der Waals surface area contributed by atoms with Gasteiger partial charge >= 0.3 is 0 Å². The van der Waals surface area contributed by atoms with Crippen LogP contribution >= 0.6 is 0 Å². The van der Waals surface area contributed by atoms with Gasteiger partial charge in [-0.2, -0.15) is 0 Å². The Hall–Kier alpha value is -0.240. The summed E-state index contributed by atoms with van der Waals surface area (Å²) in [5.74, 6) is 0. The van der Waals surface area contributed by atoms with Gasteiger partial charge in [-0.3, -0.25) is 0 Å². The van der Waals surface area contributed by atoms with Crippen molar-refractivity contribution in [3.8, 4) is 0 Å². The smallest absolute Gasteiger partial charge is 0.111 e. The molecule has 1 saturated carbocycles. The molecule has 0 unspecified atom stereocenters. The van der Waals surface area contributed by atoms with Crippen LogP contribution in [0.5, 0.6) is 0 Å². The minimum Gasteiger partial charge on any atom is -0.389 e. The van der Waals surface area contributed by atoms with Crippen molar-refractivity contribution in [2.24, 2.45) is 5.73 Å². The number of rotatable bonds is 0. The zero-order chi connectivity index (χ0) is 9.46. The molecule has 1 rings (SSSR count). The lowest BCUT2D eigenvalue weighted by Crippen LogP contribution is -2.66. The summed E-state index contributed by atoms with van der Waals surface area (Å²) in [7, 11) is 0. The maximum atomic E-state index is 9.10. The molecule has 72 valence electrons. The number of hydrogen-bond acceptors (Lipinski definition) is 6. The Morgan fingerprint density at radius 1 is 0.583 bits per heavy atom. The molecule has 6 heteroatoms.